The minimum absolute atomic E-state index is 0.0666. The maximum atomic E-state index is 4.11. The van der Waals surface area contributed by atoms with Crippen LogP contribution in [0.25, 0.3) is 45.7 Å². The summed E-state index contributed by atoms with van der Waals surface area (Å²) in [4.78, 5) is 0. The first-order chi connectivity index (χ1) is 30.8. The maximum absolute atomic E-state index is 4.11. The fourth-order valence-corrected chi connectivity index (χ4v) is 9.72. The predicted octanol–water partition coefficient (Wildman–Crippen LogP) is 14.3. The summed E-state index contributed by atoms with van der Waals surface area (Å²) < 4.78 is 0. The molecule has 0 bridgehead atoms. The molecule has 0 aromatic heterocycles. The number of rotatable bonds is 8. The molecule has 7 aromatic carbocycles. The Balaban J connectivity index is 1.09. The zero-order valence-electron chi connectivity index (χ0n) is 34.5. The molecule has 0 spiro atoms. The van der Waals surface area contributed by atoms with Crippen molar-refractivity contribution in [2.75, 3.05) is 10.6 Å². The predicted molar refractivity (Wildman–Crippen MR) is 262 cm³/mol. The molecule has 3 heterocycles. The quantitative estimate of drug-likeness (QED) is 0.143. The second-order valence-electron chi connectivity index (χ2n) is 16.5. The lowest BCUT2D eigenvalue weighted by Gasteiger charge is -2.36. The molecule has 3 aliphatic heterocycles. The molecule has 4 atom stereocenters. The van der Waals surface area contributed by atoms with Crippen molar-refractivity contribution in [2.24, 2.45) is 5.92 Å². The van der Waals surface area contributed by atoms with Gasteiger partial charge in [-0.2, -0.15) is 0 Å². The van der Waals surface area contributed by atoms with Crippen molar-refractivity contribution in [2.45, 2.75) is 24.5 Å². The molecule has 3 N–H and O–H groups in total. The summed E-state index contributed by atoms with van der Waals surface area (Å²) >= 11 is 0. The number of fused-ring (bicyclic) bond motifs is 3. The van der Waals surface area contributed by atoms with Gasteiger partial charge >= 0.3 is 0 Å². The van der Waals surface area contributed by atoms with Gasteiger partial charge < -0.3 is 16.0 Å². The molecule has 62 heavy (non-hydrogen) atoms. The van der Waals surface area contributed by atoms with Crippen LogP contribution in [0.5, 0.6) is 0 Å². The molecule has 0 fully saturated rings. The molecule has 4 aliphatic rings. The summed E-state index contributed by atoms with van der Waals surface area (Å²) in [5.74, 6) is 0.403. The highest BCUT2D eigenvalue weighted by Crippen LogP contribution is 2.51. The van der Waals surface area contributed by atoms with Crippen LogP contribution in [0.3, 0.4) is 0 Å². The molecule has 4 unspecified atom stereocenters. The molecule has 11 rings (SSSR count). The Labute approximate surface area is 364 Å². The maximum Gasteiger partial charge on any atom is 0.0779 e. The van der Waals surface area contributed by atoms with Gasteiger partial charge in [0.1, 0.15) is 0 Å². The van der Waals surface area contributed by atoms with Gasteiger partial charge in [0.2, 0.25) is 0 Å². The largest absolute Gasteiger partial charge is 0.376 e. The monoisotopic (exact) mass is 797 g/mol. The van der Waals surface area contributed by atoms with E-state index in [9.17, 15) is 0 Å². The Kier molecular flexibility index (Phi) is 9.91. The second-order valence-corrected chi connectivity index (χ2v) is 16.5. The summed E-state index contributed by atoms with van der Waals surface area (Å²) in [6.45, 7) is 0. The minimum atomic E-state index is -0.0967. The Morgan fingerprint density at radius 3 is 1.69 bits per heavy atom. The molecule has 3 nitrogen and oxygen atoms in total. The van der Waals surface area contributed by atoms with Gasteiger partial charge in [-0.15, -0.1) is 0 Å². The summed E-state index contributed by atoms with van der Waals surface area (Å²) in [6.07, 6.45) is 19.3. The van der Waals surface area contributed by atoms with Gasteiger partial charge in [0.15, 0.2) is 0 Å². The van der Waals surface area contributed by atoms with E-state index in [-0.39, 0.29) is 18.1 Å². The number of dihydropyridines is 1. The first-order valence-corrected chi connectivity index (χ1v) is 21.8. The second kappa shape index (κ2) is 16.4. The standard InChI is InChI=1S/C59H47N3/c1-7-19-41(20-8-1)51-37-35-48-39-50(49-36-38-52(42-21-9-2-10-22-42)61-59(49)58(48)60-51)40-31-33-45(34-32-40)53-54(43-23-11-3-12-24-43)56(46-27-15-5-16-28-46)62-57(47-29-17-6-18-30-47)55(53)44-25-13-4-14-26-44/h1-19,21-39,41,51-52,56,60-62H,20H2. The lowest BCUT2D eigenvalue weighted by Crippen LogP contribution is -2.29. The zero-order chi connectivity index (χ0) is 41.2. The molecule has 3 heteroatoms. The topological polar surface area (TPSA) is 36.1 Å². The van der Waals surface area contributed by atoms with Gasteiger partial charge in [-0.1, -0.05) is 225 Å². The molecule has 0 amide bonds. The third kappa shape index (κ3) is 7.02. The van der Waals surface area contributed by atoms with E-state index in [4.69, 9.17) is 0 Å². The van der Waals surface area contributed by atoms with Gasteiger partial charge in [-0.25, -0.2) is 0 Å². The number of anilines is 2. The van der Waals surface area contributed by atoms with Crippen LogP contribution in [0, 0.1) is 5.92 Å². The van der Waals surface area contributed by atoms with Crippen LogP contribution >= 0.6 is 0 Å². The Morgan fingerprint density at radius 2 is 1.03 bits per heavy atom. The first-order valence-electron chi connectivity index (χ1n) is 21.8. The highest BCUT2D eigenvalue weighted by molar-refractivity contribution is 6.24. The smallest absolute Gasteiger partial charge is 0.0779 e. The summed E-state index contributed by atoms with van der Waals surface area (Å²) in [5.41, 5.74) is 19.1. The van der Waals surface area contributed by atoms with E-state index in [2.05, 4.69) is 247 Å². The zero-order valence-corrected chi connectivity index (χ0v) is 34.5. The number of nitrogens with one attached hydrogen (secondary N) is 3. The molecule has 0 saturated carbocycles. The molecule has 0 saturated heterocycles. The molecular weight excluding hydrogens is 751 g/mol. The average molecular weight is 798 g/mol. The van der Waals surface area contributed by atoms with Crippen LogP contribution in [0.15, 0.2) is 218 Å². The van der Waals surface area contributed by atoms with Crippen molar-refractivity contribution in [1.82, 2.24) is 5.32 Å². The van der Waals surface area contributed by atoms with Crippen LogP contribution in [-0.2, 0) is 0 Å². The van der Waals surface area contributed by atoms with Crippen LogP contribution in [-0.4, -0.2) is 6.04 Å². The van der Waals surface area contributed by atoms with Gasteiger partial charge in [0.05, 0.1) is 35.2 Å². The van der Waals surface area contributed by atoms with Gasteiger partial charge in [0, 0.05) is 22.6 Å². The van der Waals surface area contributed by atoms with E-state index in [1.54, 1.807) is 0 Å². The van der Waals surface area contributed by atoms with Crippen molar-refractivity contribution in [3.05, 3.63) is 263 Å². The van der Waals surface area contributed by atoms with Gasteiger partial charge in [-0.05, 0) is 68.1 Å². The van der Waals surface area contributed by atoms with Crippen molar-refractivity contribution >= 4 is 45.9 Å². The number of hydrogen-bond donors (Lipinski definition) is 3. The number of hydrogen-bond acceptors (Lipinski definition) is 3. The average Bonchev–Trinajstić information content (AvgIpc) is 3.37. The SMILES string of the molecule is C1=CCC(C2C=Cc3cc(-c4ccc(C5=C(c6ccccc6)C(c6ccccc6)NC(c6ccccc6)=C5c5ccccc5)cc4)c4c(c3N2)NC(c2ccccc2)C=C4)C=C1. The Morgan fingerprint density at radius 1 is 0.435 bits per heavy atom. The fourth-order valence-electron chi connectivity index (χ4n) is 9.72. The molecular formula is C59H47N3. The molecule has 298 valence electrons. The van der Waals surface area contributed by atoms with Crippen molar-refractivity contribution in [3.63, 3.8) is 0 Å². The van der Waals surface area contributed by atoms with Crippen molar-refractivity contribution < 1.29 is 0 Å². The van der Waals surface area contributed by atoms with Crippen molar-refractivity contribution in [3.8, 4) is 11.1 Å². The third-order valence-electron chi connectivity index (χ3n) is 12.8. The van der Waals surface area contributed by atoms with Gasteiger partial charge in [-0.3, -0.25) is 0 Å². The fraction of sp³-hybridized carbons (Fsp3) is 0.0847. The van der Waals surface area contributed by atoms with E-state index in [1.807, 2.05) is 0 Å². The Hall–Kier alpha value is -7.62. The van der Waals surface area contributed by atoms with Crippen LogP contribution in [0.4, 0.5) is 11.4 Å². The minimum Gasteiger partial charge on any atom is -0.376 e. The van der Waals surface area contributed by atoms with Crippen LogP contribution in [0.1, 0.15) is 63.0 Å². The lowest BCUT2D eigenvalue weighted by atomic mass is 9.77. The summed E-state index contributed by atoms with van der Waals surface area (Å²) in [7, 11) is 0. The highest BCUT2D eigenvalue weighted by Gasteiger charge is 2.33. The molecule has 7 aromatic rings. The summed E-state index contributed by atoms with van der Waals surface area (Å²) in [5, 5.41) is 12.1. The van der Waals surface area contributed by atoms with Crippen LogP contribution in [0.2, 0.25) is 0 Å². The van der Waals surface area contributed by atoms with E-state index in [1.165, 1.54) is 72.5 Å². The van der Waals surface area contributed by atoms with E-state index < -0.39 is 0 Å². The first kappa shape index (κ1) is 37.4. The van der Waals surface area contributed by atoms with E-state index >= 15 is 0 Å². The van der Waals surface area contributed by atoms with E-state index in [0.29, 0.717) is 5.92 Å². The summed E-state index contributed by atoms with van der Waals surface area (Å²) in [6, 6.07) is 66.2. The van der Waals surface area contributed by atoms with Gasteiger partial charge in [0.25, 0.3) is 0 Å². The molecule has 1 aliphatic carbocycles. The highest BCUT2D eigenvalue weighted by atomic mass is 15.0. The molecule has 0 radical (unpaired) electrons. The third-order valence-corrected chi connectivity index (χ3v) is 12.8. The van der Waals surface area contributed by atoms with E-state index in [0.717, 1.165) is 23.4 Å². The van der Waals surface area contributed by atoms with Crippen LogP contribution < -0.4 is 16.0 Å². The van der Waals surface area contributed by atoms with Crippen molar-refractivity contribution in [1.29, 1.82) is 0 Å². The Bertz CT molecular complexity index is 2920. The number of benzene rings is 7. The number of allylic oxidation sites excluding steroid dienone is 5. The normalized spacial score (nSPS) is 19.9. The lowest BCUT2D eigenvalue weighted by molar-refractivity contribution is 0.608.